The van der Waals surface area contributed by atoms with E-state index in [0.717, 1.165) is 29.0 Å². The molecule has 3 rings (SSSR count). The van der Waals surface area contributed by atoms with Gasteiger partial charge in [-0.1, -0.05) is 29.8 Å². The maximum atomic E-state index is 10.6. The molecule has 3 N–H and O–H groups in total. The molecule has 0 amide bonds. The smallest absolute Gasteiger partial charge is 0.107 e. The van der Waals surface area contributed by atoms with Gasteiger partial charge in [0.15, 0.2) is 0 Å². The zero-order valence-corrected chi connectivity index (χ0v) is 12.0. The summed E-state index contributed by atoms with van der Waals surface area (Å²) >= 11 is 1.66. The molecule has 3 heteroatoms. The standard InChI is InChI=1S/C16H19NOS/c1-10-6-8-11(9-7-10)15(18)14-12-4-2-3-5-13(12)19-16(14)17/h6-9,15,18H,2-5,17H2,1H3. The zero-order valence-electron chi connectivity index (χ0n) is 11.1. The second-order valence-corrected chi connectivity index (χ2v) is 6.44. The number of fused-ring (bicyclic) bond motifs is 1. The monoisotopic (exact) mass is 273 g/mol. The second kappa shape index (κ2) is 4.99. The largest absolute Gasteiger partial charge is 0.390 e. The minimum Gasteiger partial charge on any atom is -0.390 e. The van der Waals surface area contributed by atoms with Gasteiger partial charge in [-0.15, -0.1) is 11.3 Å². The Balaban J connectivity index is 2.01. The molecule has 1 aromatic carbocycles. The highest BCUT2D eigenvalue weighted by Gasteiger charge is 2.24. The van der Waals surface area contributed by atoms with Crippen molar-refractivity contribution in [3.63, 3.8) is 0 Å². The second-order valence-electron chi connectivity index (χ2n) is 5.30. The van der Waals surface area contributed by atoms with E-state index in [1.54, 1.807) is 11.3 Å². The molecular formula is C16H19NOS. The first-order valence-corrected chi connectivity index (χ1v) is 7.63. The molecule has 1 aliphatic rings. The van der Waals surface area contributed by atoms with Gasteiger partial charge in [-0.05, 0) is 43.7 Å². The Morgan fingerprint density at radius 1 is 1.16 bits per heavy atom. The Hall–Kier alpha value is -1.32. The van der Waals surface area contributed by atoms with Crippen LogP contribution in [0.2, 0.25) is 0 Å². The Bertz CT molecular complexity index is 586. The topological polar surface area (TPSA) is 46.2 Å². The van der Waals surface area contributed by atoms with Crippen molar-refractivity contribution in [3.8, 4) is 0 Å². The summed E-state index contributed by atoms with van der Waals surface area (Å²) in [5, 5.41) is 11.4. The van der Waals surface area contributed by atoms with Gasteiger partial charge in [-0.2, -0.15) is 0 Å². The number of aliphatic hydroxyl groups is 1. The van der Waals surface area contributed by atoms with E-state index in [4.69, 9.17) is 5.73 Å². The van der Waals surface area contributed by atoms with Crippen molar-refractivity contribution in [1.29, 1.82) is 0 Å². The normalized spacial score (nSPS) is 16.1. The van der Waals surface area contributed by atoms with E-state index < -0.39 is 6.10 Å². The lowest BCUT2D eigenvalue weighted by Gasteiger charge is -2.17. The molecule has 1 heterocycles. The van der Waals surface area contributed by atoms with Crippen molar-refractivity contribution in [1.82, 2.24) is 0 Å². The molecule has 0 spiro atoms. The van der Waals surface area contributed by atoms with Crippen molar-refractivity contribution in [2.24, 2.45) is 0 Å². The van der Waals surface area contributed by atoms with E-state index in [1.807, 2.05) is 24.3 Å². The van der Waals surface area contributed by atoms with Crippen molar-refractivity contribution in [3.05, 3.63) is 51.4 Å². The first-order chi connectivity index (χ1) is 9.16. The van der Waals surface area contributed by atoms with Crippen molar-refractivity contribution in [2.75, 3.05) is 5.73 Å². The van der Waals surface area contributed by atoms with E-state index in [1.165, 1.54) is 28.8 Å². The van der Waals surface area contributed by atoms with Gasteiger partial charge in [-0.3, -0.25) is 0 Å². The lowest BCUT2D eigenvalue weighted by molar-refractivity contribution is 0.220. The molecule has 1 aromatic heterocycles. The van der Waals surface area contributed by atoms with Gasteiger partial charge >= 0.3 is 0 Å². The van der Waals surface area contributed by atoms with Gasteiger partial charge in [0.25, 0.3) is 0 Å². The molecular weight excluding hydrogens is 254 g/mol. The Morgan fingerprint density at radius 2 is 1.84 bits per heavy atom. The summed E-state index contributed by atoms with van der Waals surface area (Å²) in [4.78, 5) is 1.38. The van der Waals surface area contributed by atoms with E-state index in [0.29, 0.717) is 0 Å². The molecule has 1 aliphatic carbocycles. The number of benzene rings is 1. The minimum absolute atomic E-state index is 0.585. The Morgan fingerprint density at radius 3 is 2.58 bits per heavy atom. The van der Waals surface area contributed by atoms with Crippen LogP contribution in [0.15, 0.2) is 24.3 Å². The molecule has 0 saturated carbocycles. The number of nitrogens with two attached hydrogens (primary N) is 1. The highest BCUT2D eigenvalue weighted by Crippen LogP contribution is 2.41. The molecule has 0 aliphatic heterocycles. The number of rotatable bonds is 2. The summed E-state index contributed by atoms with van der Waals surface area (Å²) in [7, 11) is 0. The van der Waals surface area contributed by atoms with Gasteiger partial charge in [0.2, 0.25) is 0 Å². The van der Waals surface area contributed by atoms with Crippen molar-refractivity contribution in [2.45, 2.75) is 38.7 Å². The van der Waals surface area contributed by atoms with Crippen LogP contribution in [0.25, 0.3) is 0 Å². The third-order valence-corrected chi connectivity index (χ3v) is 5.04. The number of nitrogen functional groups attached to an aromatic ring is 1. The van der Waals surface area contributed by atoms with Crippen LogP contribution >= 0.6 is 11.3 Å². The third-order valence-electron chi connectivity index (χ3n) is 3.91. The van der Waals surface area contributed by atoms with Gasteiger partial charge in [-0.25, -0.2) is 0 Å². The first-order valence-electron chi connectivity index (χ1n) is 6.81. The Kier molecular flexibility index (Phi) is 3.33. The summed E-state index contributed by atoms with van der Waals surface area (Å²) in [6.07, 6.45) is 4.04. The average molecular weight is 273 g/mol. The highest BCUT2D eigenvalue weighted by molar-refractivity contribution is 7.16. The van der Waals surface area contributed by atoms with Crippen LogP contribution in [-0.4, -0.2) is 5.11 Å². The third kappa shape index (κ3) is 2.28. The zero-order chi connectivity index (χ0) is 13.4. The lowest BCUT2D eigenvalue weighted by atomic mass is 9.91. The molecule has 0 fully saturated rings. The summed E-state index contributed by atoms with van der Waals surface area (Å²) in [6.45, 7) is 2.05. The first kappa shape index (κ1) is 12.7. The van der Waals surface area contributed by atoms with Gasteiger partial charge in [0, 0.05) is 10.4 Å². The molecule has 100 valence electrons. The highest BCUT2D eigenvalue weighted by atomic mass is 32.1. The minimum atomic E-state index is -0.585. The van der Waals surface area contributed by atoms with Crippen LogP contribution in [0.1, 0.15) is 46.1 Å². The van der Waals surface area contributed by atoms with Gasteiger partial charge in [0.05, 0.1) is 5.00 Å². The van der Waals surface area contributed by atoms with E-state index in [9.17, 15) is 5.11 Å². The summed E-state index contributed by atoms with van der Waals surface area (Å²) < 4.78 is 0. The predicted octanol–water partition coefficient (Wildman–Crippen LogP) is 3.60. The molecule has 19 heavy (non-hydrogen) atoms. The number of anilines is 1. The van der Waals surface area contributed by atoms with Crippen LogP contribution in [0.3, 0.4) is 0 Å². The number of hydrogen-bond donors (Lipinski definition) is 2. The van der Waals surface area contributed by atoms with Crippen LogP contribution in [0, 0.1) is 6.92 Å². The fraction of sp³-hybridized carbons (Fsp3) is 0.375. The fourth-order valence-corrected chi connectivity index (χ4v) is 4.02. The quantitative estimate of drug-likeness (QED) is 0.878. The SMILES string of the molecule is Cc1ccc(C(O)c2c(N)sc3c2CCCC3)cc1. The van der Waals surface area contributed by atoms with E-state index >= 15 is 0 Å². The fourth-order valence-electron chi connectivity index (χ4n) is 2.83. The van der Waals surface area contributed by atoms with E-state index in [2.05, 4.69) is 6.92 Å². The summed E-state index contributed by atoms with van der Waals surface area (Å²) in [6, 6.07) is 8.06. The van der Waals surface area contributed by atoms with Crippen molar-refractivity contribution >= 4 is 16.3 Å². The molecule has 2 aromatic rings. The predicted molar refractivity (Wildman–Crippen MR) is 80.6 cm³/mol. The molecule has 0 bridgehead atoms. The number of hydrogen-bond acceptors (Lipinski definition) is 3. The number of aliphatic hydroxyl groups excluding tert-OH is 1. The van der Waals surface area contributed by atoms with Crippen molar-refractivity contribution < 1.29 is 5.11 Å². The molecule has 0 radical (unpaired) electrons. The average Bonchev–Trinajstić information content (AvgIpc) is 2.74. The maximum absolute atomic E-state index is 10.6. The molecule has 1 atom stereocenters. The summed E-state index contributed by atoms with van der Waals surface area (Å²) in [5.74, 6) is 0. The maximum Gasteiger partial charge on any atom is 0.107 e. The lowest BCUT2D eigenvalue weighted by Crippen LogP contribution is -2.07. The van der Waals surface area contributed by atoms with E-state index in [-0.39, 0.29) is 0 Å². The molecule has 2 nitrogen and oxygen atoms in total. The Labute approximate surface area is 117 Å². The van der Waals surface area contributed by atoms with Crippen LogP contribution in [-0.2, 0) is 12.8 Å². The molecule has 1 unspecified atom stereocenters. The van der Waals surface area contributed by atoms with Crippen LogP contribution in [0.5, 0.6) is 0 Å². The number of aryl methyl sites for hydroxylation is 2. The molecule has 0 saturated heterocycles. The van der Waals surface area contributed by atoms with Crippen LogP contribution < -0.4 is 5.73 Å². The van der Waals surface area contributed by atoms with Gasteiger partial charge in [0.1, 0.15) is 6.10 Å². The summed E-state index contributed by atoms with van der Waals surface area (Å²) in [5.41, 5.74) is 10.6. The number of thiophene rings is 1. The van der Waals surface area contributed by atoms with Gasteiger partial charge < -0.3 is 10.8 Å². The van der Waals surface area contributed by atoms with Crippen LogP contribution in [0.4, 0.5) is 5.00 Å².